The summed E-state index contributed by atoms with van der Waals surface area (Å²) < 4.78 is 1.60. The molecule has 0 saturated heterocycles. The Balaban J connectivity index is 2.35. The second kappa shape index (κ2) is 4.45. The molecule has 0 atom stereocenters. The summed E-state index contributed by atoms with van der Waals surface area (Å²) in [7, 11) is 0. The Kier molecular flexibility index (Phi) is 2.99. The van der Waals surface area contributed by atoms with E-state index >= 15 is 0 Å². The largest absolute Gasteiger partial charge is 0.299 e. The molecule has 0 aliphatic carbocycles. The van der Waals surface area contributed by atoms with Crippen LogP contribution >= 0.6 is 0 Å². The van der Waals surface area contributed by atoms with Crippen LogP contribution in [-0.4, -0.2) is 26.6 Å². The average molecular weight is 231 g/mol. The van der Waals surface area contributed by atoms with Crippen molar-refractivity contribution in [1.82, 2.24) is 15.0 Å². The number of fused-ring (bicyclic) bond motifs is 1. The van der Waals surface area contributed by atoms with Crippen molar-refractivity contribution in [1.29, 1.82) is 0 Å². The second-order valence-corrected chi connectivity index (χ2v) is 4.03. The van der Waals surface area contributed by atoms with Gasteiger partial charge in [0.05, 0.1) is 18.0 Å². The van der Waals surface area contributed by atoms with E-state index in [1.807, 2.05) is 24.3 Å². The Hall–Kier alpha value is -2.04. The molecule has 0 fully saturated rings. The summed E-state index contributed by atoms with van der Waals surface area (Å²) >= 11 is 0. The maximum atomic E-state index is 11.4. The highest BCUT2D eigenvalue weighted by Crippen LogP contribution is 2.12. The smallest absolute Gasteiger partial charge is 0.142 e. The number of carbonyl (C=O) groups excluding carboxylic acids is 2. The van der Waals surface area contributed by atoms with Gasteiger partial charge in [-0.25, -0.2) is 4.68 Å². The van der Waals surface area contributed by atoms with Gasteiger partial charge in [0.25, 0.3) is 0 Å². The highest BCUT2D eigenvalue weighted by molar-refractivity contribution is 6.00. The molecule has 0 unspecified atom stereocenters. The van der Waals surface area contributed by atoms with E-state index in [9.17, 15) is 9.59 Å². The number of aromatic nitrogens is 3. The molecule has 0 bridgehead atoms. The Bertz CT molecular complexity index is 560. The van der Waals surface area contributed by atoms with Crippen LogP contribution in [0, 0.1) is 5.92 Å². The van der Waals surface area contributed by atoms with Gasteiger partial charge in [0.1, 0.15) is 17.1 Å². The highest BCUT2D eigenvalue weighted by Gasteiger charge is 2.21. The van der Waals surface area contributed by atoms with Crippen LogP contribution in [0.5, 0.6) is 0 Å². The van der Waals surface area contributed by atoms with Gasteiger partial charge in [-0.15, -0.1) is 5.10 Å². The fourth-order valence-corrected chi connectivity index (χ4v) is 1.77. The highest BCUT2D eigenvalue weighted by atomic mass is 16.1. The summed E-state index contributed by atoms with van der Waals surface area (Å²) in [6, 6.07) is 7.45. The fraction of sp³-hybridized carbons (Fsp3) is 0.333. The first kappa shape index (κ1) is 11.4. The maximum Gasteiger partial charge on any atom is 0.142 e. The number of para-hydroxylation sites is 1. The lowest BCUT2D eigenvalue weighted by molar-refractivity contribution is -0.130. The number of Topliss-reactive ketones (excluding diaryl/α,β-unsaturated/α-hetero) is 2. The first-order valence-electron chi connectivity index (χ1n) is 5.38. The molecule has 2 aromatic rings. The van der Waals surface area contributed by atoms with E-state index in [0.29, 0.717) is 0 Å². The number of ketones is 2. The molecule has 2 rings (SSSR count). The summed E-state index contributed by atoms with van der Waals surface area (Å²) in [5, 5.41) is 7.94. The van der Waals surface area contributed by atoms with Gasteiger partial charge >= 0.3 is 0 Å². The van der Waals surface area contributed by atoms with Crippen LogP contribution in [0.4, 0.5) is 0 Å². The van der Waals surface area contributed by atoms with Crippen molar-refractivity contribution in [2.45, 2.75) is 20.4 Å². The van der Waals surface area contributed by atoms with Gasteiger partial charge < -0.3 is 0 Å². The van der Waals surface area contributed by atoms with E-state index in [2.05, 4.69) is 10.3 Å². The third-order valence-electron chi connectivity index (χ3n) is 2.76. The van der Waals surface area contributed by atoms with E-state index < -0.39 is 5.92 Å². The minimum absolute atomic E-state index is 0.142. The zero-order valence-electron chi connectivity index (χ0n) is 9.75. The second-order valence-electron chi connectivity index (χ2n) is 4.03. The van der Waals surface area contributed by atoms with Crippen molar-refractivity contribution in [3.8, 4) is 0 Å². The number of hydrogen-bond acceptors (Lipinski definition) is 4. The van der Waals surface area contributed by atoms with Crippen LogP contribution in [0.25, 0.3) is 11.0 Å². The van der Waals surface area contributed by atoms with Gasteiger partial charge in [-0.05, 0) is 26.0 Å². The van der Waals surface area contributed by atoms with Crippen LogP contribution in [0.2, 0.25) is 0 Å². The standard InChI is InChI=1S/C12H13N3O2/c1-8(16)10(9(2)17)7-15-12-6-4-3-5-11(12)13-14-15/h3-6,10H,7H2,1-2H3. The molecule has 88 valence electrons. The van der Waals surface area contributed by atoms with Crippen LogP contribution in [0.1, 0.15) is 13.8 Å². The lowest BCUT2D eigenvalue weighted by atomic mass is 10.0. The fourth-order valence-electron chi connectivity index (χ4n) is 1.77. The van der Waals surface area contributed by atoms with E-state index in [-0.39, 0.29) is 18.1 Å². The van der Waals surface area contributed by atoms with Gasteiger partial charge in [-0.3, -0.25) is 9.59 Å². The summed E-state index contributed by atoms with van der Waals surface area (Å²) in [5.74, 6) is -0.922. The van der Waals surface area contributed by atoms with E-state index in [1.165, 1.54) is 13.8 Å². The SMILES string of the molecule is CC(=O)C(Cn1nnc2ccccc21)C(C)=O. The van der Waals surface area contributed by atoms with Gasteiger partial charge in [0.15, 0.2) is 0 Å². The lowest BCUT2D eigenvalue weighted by Crippen LogP contribution is -2.25. The lowest BCUT2D eigenvalue weighted by Gasteiger charge is -2.10. The molecular weight excluding hydrogens is 218 g/mol. The van der Waals surface area contributed by atoms with Crippen LogP contribution in [0.15, 0.2) is 24.3 Å². The minimum Gasteiger partial charge on any atom is -0.299 e. The van der Waals surface area contributed by atoms with Crippen molar-refractivity contribution in [2.24, 2.45) is 5.92 Å². The van der Waals surface area contributed by atoms with Crippen molar-refractivity contribution >= 4 is 22.6 Å². The normalized spacial score (nSPS) is 11.0. The molecule has 0 radical (unpaired) electrons. The molecule has 0 spiro atoms. The molecule has 0 saturated carbocycles. The number of benzene rings is 1. The van der Waals surface area contributed by atoms with Gasteiger partial charge in [-0.2, -0.15) is 0 Å². The third-order valence-corrected chi connectivity index (χ3v) is 2.76. The predicted molar refractivity (Wildman–Crippen MR) is 62.4 cm³/mol. The molecular formula is C12H13N3O2. The number of nitrogens with zero attached hydrogens (tertiary/aromatic N) is 3. The zero-order chi connectivity index (χ0) is 12.4. The molecule has 0 aliphatic heterocycles. The molecule has 0 aliphatic rings. The summed E-state index contributed by atoms with van der Waals surface area (Å²) in [5.41, 5.74) is 1.60. The van der Waals surface area contributed by atoms with Gasteiger partial charge in [0.2, 0.25) is 0 Å². The molecule has 5 nitrogen and oxygen atoms in total. The van der Waals surface area contributed by atoms with Crippen molar-refractivity contribution < 1.29 is 9.59 Å². The van der Waals surface area contributed by atoms with Gasteiger partial charge in [0, 0.05) is 0 Å². The Morgan fingerprint density at radius 1 is 1.24 bits per heavy atom. The number of hydrogen-bond donors (Lipinski definition) is 0. The first-order valence-corrected chi connectivity index (χ1v) is 5.38. The molecule has 1 aromatic carbocycles. The van der Waals surface area contributed by atoms with Gasteiger partial charge in [-0.1, -0.05) is 17.3 Å². The first-order chi connectivity index (χ1) is 8.09. The Morgan fingerprint density at radius 2 is 1.88 bits per heavy atom. The van der Waals surface area contributed by atoms with Crippen LogP contribution < -0.4 is 0 Å². The molecule has 0 N–H and O–H groups in total. The summed E-state index contributed by atoms with van der Waals surface area (Å²) in [6.45, 7) is 3.10. The minimum atomic E-state index is -0.639. The molecule has 0 amide bonds. The Labute approximate surface area is 98.4 Å². The molecule has 5 heteroatoms. The van der Waals surface area contributed by atoms with Crippen molar-refractivity contribution in [3.63, 3.8) is 0 Å². The maximum absolute atomic E-state index is 11.4. The molecule has 1 aromatic heterocycles. The quantitative estimate of drug-likeness (QED) is 0.742. The summed E-state index contributed by atoms with van der Waals surface area (Å²) in [4.78, 5) is 22.7. The number of rotatable bonds is 4. The molecule has 17 heavy (non-hydrogen) atoms. The zero-order valence-corrected chi connectivity index (χ0v) is 9.75. The number of carbonyl (C=O) groups is 2. The topological polar surface area (TPSA) is 64.8 Å². The van der Waals surface area contributed by atoms with E-state index in [4.69, 9.17) is 0 Å². The Morgan fingerprint density at radius 3 is 2.53 bits per heavy atom. The van der Waals surface area contributed by atoms with Crippen molar-refractivity contribution in [3.05, 3.63) is 24.3 Å². The monoisotopic (exact) mass is 231 g/mol. The summed E-state index contributed by atoms with van der Waals surface area (Å²) in [6.07, 6.45) is 0. The van der Waals surface area contributed by atoms with Crippen LogP contribution in [-0.2, 0) is 16.1 Å². The van der Waals surface area contributed by atoms with Crippen molar-refractivity contribution in [2.75, 3.05) is 0 Å². The molecule has 1 heterocycles. The van der Waals surface area contributed by atoms with E-state index in [1.54, 1.807) is 4.68 Å². The van der Waals surface area contributed by atoms with E-state index in [0.717, 1.165) is 11.0 Å². The van der Waals surface area contributed by atoms with Crippen LogP contribution in [0.3, 0.4) is 0 Å². The third kappa shape index (κ3) is 2.22. The average Bonchev–Trinajstić information content (AvgIpc) is 2.68. The predicted octanol–water partition coefficient (Wildman–Crippen LogP) is 1.23.